The summed E-state index contributed by atoms with van der Waals surface area (Å²) in [6.07, 6.45) is 0. The molecule has 0 aliphatic carbocycles. The Bertz CT molecular complexity index is 788. The number of hydrogen-bond donors (Lipinski definition) is 0. The summed E-state index contributed by atoms with van der Waals surface area (Å²) in [7, 11) is -0.622. The first-order valence-corrected chi connectivity index (χ1v) is 9.14. The molecule has 130 valence electrons. The molecule has 0 fully saturated rings. The number of aryl methyl sites for hydroxylation is 1. The summed E-state index contributed by atoms with van der Waals surface area (Å²) in [6, 6.07) is 12.8. The van der Waals surface area contributed by atoms with Crippen molar-refractivity contribution in [2.75, 3.05) is 20.8 Å². The molecule has 0 spiro atoms. The van der Waals surface area contributed by atoms with Crippen LogP contribution in [0.3, 0.4) is 0 Å². The lowest BCUT2D eigenvalue weighted by Gasteiger charge is -2.22. The number of nitrogens with zero attached hydrogens (tertiary/aromatic N) is 1. The van der Waals surface area contributed by atoms with Crippen molar-refractivity contribution in [3.05, 3.63) is 53.6 Å². The first kappa shape index (κ1) is 18.3. The second kappa shape index (κ2) is 7.68. The van der Waals surface area contributed by atoms with E-state index in [0.717, 1.165) is 5.56 Å². The number of rotatable bonds is 7. The second-order valence-corrected chi connectivity index (χ2v) is 7.30. The number of benzene rings is 2. The van der Waals surface area contributed by atoms with Gasteiger partial charge in [-0.2, -0.15) is 4.31 Å². The van der Waals surface area contributed by atoms with Crippen LogP contribution in [0.4, 0.5) is 0 Å². The van der Waals surface area contributed by atoms with Crippen molar-refractivity contribution < 1.29 is 17.9 Å². The van der Waals surface area contributed by atoms with E-state index in [1.807, 2.05) is 37.3 Å². The van der Waals surface area contributed by atoms with Crippen LogP contribution in [0.25, 0.3) is 0 Å². The molecule has 2 aromatic rings. The Labute approximate surface area is 143 Å². The van der Waals surface area contributed by atoms with E-state index >= 15 is 0 Å². The van der Waals surface area contributed by atoms with Gasteiger partial charge in [0, 0.05) is 19.2 Å². The molecular weight excluding hydrogens is 326 g/mol. The highest BCUT2D eigenvalue weighted by Crippen LogP contribution is 2.33. The van der Waals surface area contributed by atoms with Gasteiger partial charge in [-0.05, 0) is 24.1 Å². The Hall–Kier alpha value is -2.05. The lowest BCUT2D eigenvalue weighted by Crippen LogP contribution is -2.31. The maximum absolute atomic E-state index is 13.1. The van der Waals surface area contributed by atoms with Gasteiger partial charge in [0.25, 0.3) is 0 Å². The van der Waals surface area contributed by atoms with Crippen molar-refractivity contribution >= 4 is 10.0 Å². The zero-order valence-electron chi connectivity index (χ0n) is 14.4. The molecular formula is C18H23NO4S. The summed E-state index contributed by atoms with van der Waals surface area (Å²) in [5.41, 5.74) is 1.57. The predicted molar refractivity (Wildman–Crippen MR) is 94.0 cm³/mol. The maximum atomic E-state index is 13.1. The van der Waals surface area contributed by atoms with Gasteiger partial charge in [0.2, 0.25) is 10.0 Å². The fourth-order valence-corrected chi connectivity index (χ4v) is 4.19. The fraction of sp³-hybridized carbons (Fsp3) is 0.333. The first-order chi connectivity index (χ1) is 11.4. The fourth-order valence-electron chi connectivity index (χ4n) is 2.53. The van der Waals surface area contributed by atoms with Crippen LogP contribution in [-0.4, -0.2) is 33.5 Å². The molecule has 0 unspecified atom stereocenters. The van der Waals surface area contributed by atoms with E-state index in [0.29, 0.717) is 30.2 Å². The molecule has 0 radical (unpaired) electrons. The average Bonchev–Trinajstić information content (AvgIpc) is 2.59. The Morgan fingerprint density at radius 2 is 1.58 bits per heavy atom. The van der Waals surface area contributed by atoms with Gasteiger partial charge in [-0.3, -0.25) is 0 Å². The highest BCUT2D eigenvalue weighted by molar-refractivity contribution is 7.89. The molecule has 0 saturated heterocycles. The number of hydrogen-bond acceptors (Lipinski definition) is 4. The van der Waals surface area contributed by atoms with Crippen LogP contribution in [0, 0.1) is 6.92 Å². The summed E-state index contributed by atoms with van der Waals surface area (Å²) in [4.78, 5) is 0.234. The summed E-state index contributed by atoms with van der Waals surface area (Å²) in [6.45, 7) is 4.29. The molecule has 0 amide bonds. The second-order valence-electron chi connectivity index (χ2n) is 5.39. The lowest BCUT2D eigenvalue weighted by atomic mass is 10.2. The van der Waals surface area contributed by atoms with Gasteiger partial charge in [0.05, 0.1) is 19.1 Å². The number of sulfonamides is 1. The molecule has 0 heterocycles. The summed E-state index contributed by atoms with van der Waals surface area (Å²) >= 11 is 0. The predicted octanol–water partition coefficient (Wildman–Crippen LogP) is 3.22. The topological polar surface area (TPSA) is 55.8 Å². The van der Waals surface area contributed by atoms with Gasteiger partial charge in [0.15, 0.2) is 11.5 Å². The van der Waals surface area contributed by atoms with E-state index in [-0.39, 0.29) is 4.90 Å². The Kier molecular flexibility index (Phi) is 5.85. The van der Waals surface area contributed by atoms with Gasteiger partial charge in [-0.15, -0.1) is 0 Å². The quantitative estimate of drug-likeness (QED) is 0.770. The lowest BCUT2D eigenvalue weighted by molar-refractivity contribution is 0.353. The minimum absolute atomic E-state index is 0.234. The minimum Gasteiger partial charge on any atom is -0.493 e. The third kappa shape index (κ3) is 3.71. The third-order valence-corrected chi connectivity index (χ3v) is 5.92. The van der Waals surface area contributed by atoms with E-state index in [4.69, 9.17) is 9.47 Å². The van der Waals surface area contributed by atoms with Crippen LogP contribution in [0.5, 0.6) is 11.5 Å². The molecule has 0 aliphatic heterocycles. The Morgan fingerprint density at radius 1 is 1.00 bits per heavy atom. The molecule has 2 aromatic carbocycles. The molecule has 0 aromatic heterocycles. The van der Waals surface area contributed by atoms with Gasteiger partial charge < -0.3 is 9.47 Å². The molecule has 6 heteroatoms. The van der Waals surface area contributed by atoms with E-state index in [1.54, 1.807) is 13.0 Å². The molecule has 24 heavy (non-hydrogen) atoms. The van der Waals surface area contributed by atoms with E-state index in [2.05, 4.69) is 0 Å². The Morgan fingerprint density at radius 3 is 2.12 bits per heavy atom. The van der Waals surface area contributed by atoms with E-state index in [1.165, 1.54) is 24.6 Å². The zero-order valence-corrected chi connectivity index (χ0v) is 15.3. The van der Waals surface area contributed by atoms with Gasteiger partial charge in [0.1, 0.15) is 0 Å². The van der Waals surface area contributed by atoms with E-state index in [9.17, 15) is 8.42 Å². The largest absolute Gasteiger partial charge is 0.493 e. The van der Waals surface area contributed by atoms with Crippen LogP contribution < -0.4 is 9.47 Å². The third-order valence-electron chi connectivity index (χ3n) is 3.85. The van der Waals surface area contributed by atoms with Crippen LogP contribution in [0.1, 0.15) is 18.1 Å². The van der Waals surface area contributed by atoms with Crippen molar-refractivity contribution in [2.45, 2.75) is 25.3 Å². The standard InChI is InChI=1S/C18H23NO4S/c1-5-19(13-15-9-7-6-8-10-15)24(20,21)18-12-17(23-4)16(22-3)11-14(18)2/h6-12H,5,13H2,1-4H3. The van der Waals surface area contributed by atoms with Crippen molar-refractivity contribution in [1.82, 2.24) is 4.31 Å². The maximum Gasteiger partial charge on any atom is 0.243 e. The molecule has 2 rings (SSSR count). The SMILES string of the molecule is CCN(Cc1ccccc1)S(=O)(=O)c1cc(OC)c(OC)cc1C. The van der Waals surface area contributed by atoms with Crippen LogP contribution in [0.2, 0.25) is 0 Å². The molecule has 0 saturated carbocycles. The van der Waals surface area contributed by atoms with Crippen molar-refractivity contribution in [2.24, 2.45) is 0 Å². The van der Waals surface area contributed by atoms with Crippen molar-refractivity contribution in [3.63, 3.8) is 0 Å². The highest BCUT2D eigenvalue weighted by Gasteiger charge is 2.26. The molecule has 0 atom stereocenters. The summed E-state index contributed by atoms with van der Waals surface area (Å²) in [5, 5.41) is 0. The van der Waals surface area contributed by atoms with Gasteiger partial charge in [-0.1, -0.05) is 37.3 Å². The first-order valence-electron chi connectivity index (χ1n) is 7.70. The van der Waals surface area contributed by atoms with Gasteiger partial charge in [-0.25, -0.2) is 8.42 Å². The van der Waals surface area contributed by atoms with Gasteiger partial charge >= 0.3 is 0 Å². The van der Waals surface area contributed by atoms with Crippen LogP contribution in [-0.2, 0) is 16.6 Å². The average molecular weight is 349 g/mol. The summed E-state index contributed by atoms with van der Waals surface area (Å²) < 4.78 is 38.1. The Balaban J connectivity index is 2.44. The molecule has 5 nitrogen and oxygen atoms in total. The number of ether oxygens (including phenoxy) is 2. The summed E-state index contributed by atoms with van der Waals surface area (Å²) in [5.74, 6) is 0.914. The minimum atomic E-state index is -3.64. The zero-order chi connectivity index (χ0) is 17.7. The molecule has 0 aliphatic rings. The normalized spacial score (nSPS) is 11.5. The van der Waals surface area contributed by atoms with Crippen molar-refractivity contribution in [1.29, 1.82) is 0 Å². The van der Waals surface area contributed by atoms with E-state index < -0.39 is 10.0 Å². The highest BCUT2D eigenvalue weighted by atomic mass is 32.2. The smallest absolute Gasteiger partial charge is 0.243 e. The molecule has 0 N–H and O–H groups in total. The number of methoxy groups -OCH3 is 2. The monoisotopic (exact) mass is 349 g/mol. The van der Waals surface area contributed by atoms with Crippen LogP contribution >= 0.6 is 0 Å². The van der Waals surface area contributed by atoms with Crippen LogP contribution in [0.15, 0.2) is 47.4 Å². The van der Waals surface area contributed by atoms with Crippen molar-refractivity contribution in [3.8, 4) is 11.5 Å². The molecule has 0 bridgehead atoms.